The number of hydrogen-bond donors (Lipinski definition) is 1. The Balaban J connectivity index is 1.36. The number of morpholine rings is 1. The molecule has 2 fully saturated rings. The van der Waals surface area contributed by atoms with Gasteiger partial charge in [-0.2, -0.15) is 5.01 Å². The van der Waals surface area contributed by atoms with Crippen LogP contribution in [0.5, 0.6) is 5.75 Å². The average Bonchev–Trinajstić information content (AvgIpc) is 3.11. The number of aryl methyl sites for hydroxylation is 1. The van der Waals surface area contributed by atoms with E-state index in [1.165, 1.54) is 0 Å². The zero-order chi connectivity index (χ0) is 24.9. The highest BCUT2D eigenvalue weighted by molar-refractivity contribution is 8.26. The van der Waals surface area contributed by atoms with E-state index in [-0.39, 0.29) is 27.4 Å². The van der Waals surface area contributed by atoms with E-state index in [4.69, 9.17) is 33.3 Å². The van der Waals surface area contributed by atoms with Crippen LogP contribution < -0.4 is 10.2 Å². The highest BCUT2D eigenvalue weighted by Gasteiger charge is 2.34. The SMILES string of the molecule is Cc1ccc(C(=O)NN2C(=O)/C(=C\c3ccc(OCC(=O)N4CCOCC4)cc3)SC2=S)c(Cl)c1. The van der Waals surface area contributed by atoms with Gasteiger partial charge in [0.1, 0.15) is 5.75 Å². The summed E-state index contributed by atoms with van der Waals surface area (Å²) in [6.07, 6.45) is 1.67. The number of benzene rings is 2. The van der Waals surface area contributed by atoms with Crippen LogP contribution in [0.1, 0.15) is 21.5 Å². The molecule has 182 valence electrons. The molecule has 11 heteroatoms. The molecule has 35 heavy (non-hydrogen) atoms. The fourth-order valence-electron chi connectivity index (χ4n) is 3.39. The Morgan fingerprint density at radius 2 is 1.91 bits per heavy atom. The number of nitrogens with one attached hydrogen (secondary N) is 1. The number of ether oxygens (including phenoxy) is 2. The highest BCUT2D eigenvalue weighted by atomic mass is 35.5. The molecule has 2 saturated heterocycles. The maximum absolute atomic E-state index is 12.8. The zero-order valence-corrected chi connectivity index (χ0v) is 21.2. The number of thioether (sulfide) groups is 1. The van der Waals surface area contributed by atoms with Gasteiger partial charge in [0.2, 0.25) is 0 Å². The van der Waals surface area contributed by atoms with Crippen molar-refractivity contribution in [3.05, 3.63) is 69.1 Å². The van der Waals surface area contributed by atoms with Gasteiger partial charge in [-0.25, -0.2) is 0 Å². The summed E-state index contributed by atoms with van der Waals surface area (Å²) in [4.78, 5) is 39.7. The van der Waals surface area contributed by atoms with Crippen molar-refractivity contribution in [2.45, 2.75) is 6.92 Å². The minimum atomic E-state index is -0.527. The smallest absolute Gasteiger partial charge is 0.285 e. The Morgan fingerprint density at radius 1 is 1.20 bits per heavy atom. The van der Waals surface area contributed by atoms with E-state index in [9.17, 15) is 14.4 Å². The Hall–Kier alpha value is -2.92. The molecule has 0 saturated carbocycles. The predicted molar refractivity (Wildman–Crippen MR) is 138 cm³/mol. The topological polar surface area (TPSA) is 88.2 Å². The summed E-state index contributed by atoms with van der Waals surface area (Å²) >= 11 is 12.5. The van der Waals surface area contributed by atoms with Crippen LogP contribution in [0.3, 0.4) is 0 Å². The van der Waals surface area contributed by atoms with E-state index < -0.39 is 11.8 Å². The summed E-state index contributed by atoms with van der Waals surface area (Å²) in [7, 11) is 0. The van der Waals surface area contributed by atoms with Crippen LogP contribution in [0.2, 0.25) is 5.02 Å². The Kier molecular flexibility index (Phi) is 8.07. The fourth-order valence-corrected chi connectivity index (χ4v) is 4.89. The molecule has 4 rings (SSSR count). The molecular formula is C24H22ClN3O5S2. The van der Waals surface area contributed by atoms with E-state index >= 15 is 0 Å². The number of amides is 3. The first-order valence-electron chi connectivity index (χ1n) is 10.8. The van der Waals surface area contributed by atoms with Crippen LogP contribution in [-0.4, -0.2) is 64.9 Å². The van der Waals surface area contributed by atoms with Gasteiger partial charge in [0.15, 0.2) is 10.9 Å². The molecule has 2 aliphatic heterocycles. The molecule has 2 aromatic rings. The lowest BCUT2D eigenvalue weighted by Crippen LogP contribution is -2.44. The summed E-state index contributed by atoms with van der Waals surface area (Å²) < 4.78 is 11.0. The minimum Gasteiger partial charge on any atom is -0.484 e. The molecule has 2 aromatic carbocycles. The fraction of sp³-hybridized carbons (Fsp3) is 0.250. The summed E-state index contributed by atoms with van der Waals surface area (Å²) in [6, 6.07) is 12.0. The average molecular weight is 532 g/mol. The van der Waals surface area contributed by atoms with Crippen molar-refractivity contribution in [2.75, 3.05) is 32.9 Å². The van der Waals surface area contributed by atoms with E-state index in [1.54, 1.807) is 53.4 Å². The second kappa shape index (κ2) is 11.2. The molecule has 8 nitrogen and oxygen atoms in total. The summed E-state index contributed by atoms with van der Waals surface area (Å²) in [5.74, 6) is -0.512. The van der Waals surface area contributed by atoms with Gasteiger partial charge in [0.25, 0.3) is 17.7 Å². The molecule has 2 aliphatic rings. The van der Waals surface area contributed by atoms with Crippen molar-refractivity contribution in [1.82, 2.24) is 15.3 Å². The standard InChI is InChI=1S/C24H22ClN3O5S2/c1-15-2-7-18(19(25)12-15)22(30)26-28-23(31)20(35-24(28)34)13-16-3-5-17(6-4-16)33-14-21(29)27-8-10-32-11-9-27/h2-7,12-13H,8-11,14H2,1H3,(H,26,30)/b20-13+. The number of carbonyl (C=O) groups excluding carboxylic acids is 3. The van der Waals surface area contributed by atoms with Crippen molar-refractivity contribution in [3.8, 4) is 5.75 Å². The number of hydrogen-bond acceptors (Lipinski definition) is 7. The number of hydrazine groups is 1. The Morgan fingerprint density at radius 3 is 2.60 bits per heavy atom. The molecular weight excluding hydrogens is 510 g/mol. The first-order chi connectivity index (χ1) is 16.8. The molecule has 0 spiro atoms. The van der Waals surface area contributed by atoms with Crippen LogP contribution in [0.15, 0.2) is 47.4 Å². The lowest BCUT2D eigenvalue weighted by Gasteiger charge is -2.26. The molecule has 0 radical (unpaired) electrons. The minimum absolute atomic E-state index is 0.0529. The van der Waals surface area contributed by atoms with Gasteiger partial charge >= 0.3 is 0 Å². The lowest BCUT2D eigenvalue weighted by atomic mass is 10.1. The molecule has 1 N–H and O–H groups in total. The van der Waals surface area contributed by atoms with Crippen LogP contribution in [0.25, 0.3) is 6.08 Å². The van der Waals surface area contributed by atoms with Gasteiger partial charge in [-0.15, -0.1) is 0 Å². The van der Waals surface area contributed by atoms with Gasteiger partial charge in [0.05, 0.1) is 28.7 Å². The van der Waals surface area contributed by atoms with E-state index in [0.29, 0.717) is 37.0 Å². The molecule has 0 unspecified atom stereocenters. The van der Waals surface area contributed by atoms with Crippen LogP contribution in [0.4, 0.5) is 0 Å². The number of rotatable bonds is 6. The van der Waals surface area contributed by atoms with Crippen molar-refractivity contribution < 1.29 is 23.9 Å². The van der Waals surface area contributed by atoms with Crippen molar-refractivity contribution >= 4 is 63.7 Å². The Bertz CT molecular complexity index is 1200. The number of nitrogens with zero attached hydrogens (tertiary/aromatic N) is 2. The predicted octanol–water partition coefficient (Wildman–Crippen LogP) is 3.43. The van der Waals surface area contributed by atoms with Crippen LogP contribution >= 0.6 is 35.6 Å². The first kappa shape index (κ1) is 25.2. The monoisotopic (exact) mass is 531 g/mol. The number of halogens is 1. The van der Waals surface area contributed by atoms with E-state index in [0.717, 1.165) is 27.9 Å². The Labute approximate surface area is 217 Å². The van der Waals surface area contributed by atoms with Crippen LogP contribution in [0, 0.1) is 6.92 Å². The maximum atomic E-state index is 12.8. The normalized spacial score (nSPS) is 17.1. The molecule has 2 heterocycles. The highest BCUT2D eigenvalue weighted by Crippen LogP contribution is 2.32. The van der Waals surface area contributed by atoms with Gasteiger partial charge in [-0.1, -0.05) is 41.6 Å². The van der Waals surface area contributed by atoms with Crippen LogP contribution in [-0.2, 0) is 14.3 Å². The summed E-state index contributed by atoms with van der Waals surface area (Å²) in [5.41, 5.74) is 4.43. The van der Waals surface area contributed by atoms with E-state index in [1.807, 2.05) is 6.92 Å². The first-order valence-corrected chi connectivity index (χ1v) is 12.4. The third-order valence-electron chi connectivity index (χ3n) is 5.28. The van der Waals surface area contributed by atoms with Gasteiger partial charge in [-0.3, -0.25) is 19.8 Å². The van der Waals surface area contributed by atoms with Crippen molar-refractivity contribution in [2.24, 2.45) is 0 Å². The number of carbonyl (C=O) groups is 3. The lowest BCUT2D eigenvalue weighted by molar-refractivity contribution is -0.137. The second-order valence-electron chi connectivity index (χ2n) is 7.79. The van der Waals surface area contributed by atoms with Gasteiger partial charge < -0.3 is 14.4 Å². The quantitative estimate of drug-likeness (QED) is 0.451. The molecule has 3 amide bonds. The molecule has 0 aromatic heterocycles. The zero-order valence-electron chi connectivity index (χ0n) is 18.8. The third-order valence-corrected chi connectivity index (χ3v) is 6.90. The van der Waals surface area contributed by atoms with Crippen molar-refractivity contribution in [3.63, 3.8) is 0 Å². The number of thiocarbonyl (C=S) groups is 1. The van der Waals surface area contributed by atoms with Gasteiger partial charge in [0, 0.05) is 13.1 Å². The third kappa shape index (κ3) is 6.21. The van der Waals surface area contributed by atoms with E-state index in [2.05, 4.69) is 5.43 Å². The second-order valence-corrected chi connectivity index (χ2v) is 9.88. The summed E-state index contributed by atoms with van der Waals surface area (Å²) in [6.45, 7) is 4.02. The molecule has 0 atom stereocenters. The summed E-state index contributed by atoms with van der Waals surface area (Å²) in [5, 5.41) is 1.33. The molecule has 0 bridgehead atoms. The molecule has 0 aliphatic carbocycles. The maximum Gasteiger partial charge on any atom is 0.285 e. The largest absolute Gasteiger partial charge is 0.484 e. The van der Waals surface area contributed by atoms with Gasteiger partial charge in [-0.05, 0) is 60.6 Å². The van der Waals surface area contributed by atoms with Crippen molar-refractivity contribution in [1.29, 1.82) is 0 Å².